The van der Waals surface area contributed by atoms with Gasteiger partial charge in [-0.1, -0.05) is 18.9 Å². The zero-order chi connectivity index (χ0) is 12.5. The fourth-order valence-electron chi connectivity index (χ4n) is 2.70. The van der Waals surface area contributed by atoms with Crippen molar-refractivity contribution in [3.63, 3.8) is 0 Å². The van der Waals surface area contributed by atoms with Crippen LogP contribution >= 0.6 is 15.9 Å². The third-order valence-electron chi connectivity index (χ3n) is 3.85. The summed E-state index contributed by atoms with van der Waals surface area (Å²) in [6, 6.07) is 4.66. The molecule has 94 valence electrons. The highest BCUT2D eigenvalue weighted by Crippen LogP contribution is 2.47. The standard InChI is InChI=1S/C13H17BrFNO/c14-10-7-9(3-4-11(10)15)12(17)13(8-16)5-1-2-6-13/h3-4,7,12,17H,1-2,5-6,8,16H2. The van der Waals surface area contributed by atoms with Crippen LogP contribution in [0.5, 0.6) is 0 Å². The molecule has 17 heavy (non-hydrogen) atoms. The molecule has 0 amide bonds. The predicted octanol–water partition coefficient (Wildman–Crippen LogP) is 3.14. The molecular formula is C13H17BrFNO. The second kappa shape index (κ2) is 5.04. The molecule has 0 aliphatic heterocycles. The summed E-state index contributed by atoms with van der Waals surface area (Å²) in [4.78, 5) is 0. The predicted molar refractivity (Wildman–Crippen MR) is 69.0 cm³/mol. The molecule has 1 atom stereocenters. The van der Waals surface area contributed by atoms with Crippen molar-refractivity contribution in [2.75, 3.05) is 6.54 Å². The summed E-state index contributed by atoms with van der Waals surface area (Å²) in [5.74, 6) is -0.311. The molecule has 0 radical (unpaired) electrons. The van der Waals surface area contributed by atoms with Crippen molar-refractivity contribution in [1.29, 1.82) is 0 Å². The molecule has 4 heteroatoms. The van der Waals surface area contributed by atoms with E-state index in [1.54, 1.807) is 12.1 Å². The van der Waals surface area contributed by atoms with Crippen LogP contribution in [0.15, 0.2) is 22.7 Å². The Balaban J connectivity index is 2.29. The summed E-state index contributed by atoms with van der Waals surface area (Å²) >= 11 is 3.15. The number of aliphatic hydroxyl groups excluding tert-OH is 1. The molecule has 0 spiro atoms. The van der Waals surface area contributed by atoms with Gasteiger partial charge < -0.3 is 10.8 Å². The highest BCUT2D eigenvalue weighted by Gasteiger charge is 2.40. The van der Waals surface area contributed by atoms with Gasteiger partial charge in [0.2, 0.25) is 0 Å². The number of halogens is 2. The van der Waals surface area contributed by atoms with Crippen LogP contribution in [0.1, 0.15) is 37.4 Å². The first-order chi connectivity index (χ1) is 8.09. The van der Waals surface area contributed by atoms with Gasteiger partial charge in [0.05, 0.1) is 10.6 Å². The minimum Gasteiger partial charge on any atom is -0.388 e. The Hall–Kier alpha value is -0.450. The molecule has 1 fully saturated rings. The van der Waals surface area contributed by atoms with Crippen molar-refractivity contribution in [2.24, 2.45) is 11.1 Å². The van der Waals surface area contributed by atoms with Crippen molar-refractivity contribution in [1.82, 2.24) is 0 Å². The third-order valence-corrected chi connectivity index (χ3v) is 4.45. The van der Waals surface area contributed by atoms with Gasteiger partial charge in [0, 0.05) is 12.0 Å². The average Bonchev–Trinajstić information content (AvgIpc) is 2.81. The van der Waals surface area contributed by atoms with Crippen LogP contribution < -0.4 is 5.73 Å². The molecule has 1 aromatic rings. The maximum Gasteiger partial charge on any atom is 0.137 e. The number of aliphatic hydroxyl groups is 1. The first kappa shape index (κ1) is 13.0. The van der Waals surface area contributed by atoms with E-state index in [4.69, 9.17) is 5.73 Å². The minimum absolute atomic E-state index is 0.225. The Morgan fingerprint density at radius 2 is 2.06 bits per heavy atom. The smallest absolute Gasteiger partial charge is 0.137 e. The number of rotatable bonds is 3. The van der Waals surface area contributed by atoms with Crippen LogP contribution in [0.3, 0.4) is 0 Å². The van der Waals surface area contributed by atoms with E-state index in [2.05, 4.69) is 15.9 Å². The highest BCUT2D eigenvalue weighted by atomic mass is 79.9. The van der Waals surface area contributed by atoms with Gasteiger partial charge in [-0.15, -0.1) is 0 Å². The van der Waals surface area contributed by atoms with Gasteiger partial charge in [-0.3, -0.25) is 0 Å². The SMILES string of the molecule is NCC1(C(O)c2ccc(F)c(Br)c2)CCCC1. The molecule has 3 N–H and O–H groups in total. The van der Waals surface area contributed by atoms with Gasteiger partial charge >= 0.3 is 0 Å². The van der Waals surface area contributed by atoms with Crippen LogP contribution in [-0.2, 0) is 0 Å². The lowest BCUT2D eigenvalue weighted by Gasteiger charge is -2.33. The first-order valence-electron chi connectivity index (χ1n) is 5.92. The maximum absolute atomic E-state index is 13.2. The van der Waals surface area contributed by atoms with Crippen molar-refractivity contribution in [2.45, 2.75) is 31.8 Å². The van der Waals surface area contributed by atoms with Gasteiger partial charge in [-0.2, -0.15) is 0 Å². The quantitative estimate of drug-likeness (QED) is 0.901. The van der Waals surface area contributed by atoms with E-state index >= 15 is 0 Å². The van der Waals surface area contributed by atoms with Crippen LogP contribution in [0.2, 0.25) is 0 Å². The summed E-state index contributed by atoms with van der Waals surface area (Å²) < 4.78 is 13.6. The lowest BCUT2D eigenvalue weighted by atomic mass is 9.77. The van der Waals surface area contributed by atoms with E-state index in [1.165, 1.54) is 6.07 Å². The molecular weight excluding hydrogens is 285 g/mol. The maximum atomic E-state index is 13.2. The largest absolute Gasteiger partial charge is 0.388 e. The Morgan fingerprint density at radius 1 is 1.41 bits per heavy atom. The Bertz CT molecular complexity index is 404. The van der Waals surface area contributed by atoms with E-state index in [-0.39, 0.29) is 11.2 Å². The third kappa shape index (κ3) is 2.39. The summed E-state index contributed by atoms with van der Waals surface area (Å²) in [6.07, 6.45) is 3.50. The van der Waals surface area contributed by atoms with Gasteiger partial charge in [-0.25, -0.2) is 4.39 Å². The zero-order valence-electron chi connectivity index (χ0n) is 9.63. The molecule has 1 aromatic carbocycles. The second-order valence-corrected chi connectivity index (χ2v) is 5.70. The molecule has 0 aromatic heterocycles. The summed E-state index contributed by atoms with van der Waals surface area (Å²) in [7, 11) is 0. The topological polar surface area (TPSA) is 46.2 Å². The fourth-order valence-corrected chi connectivity index (χ4v) is 3.10. The number of hydrogen-bond donors (Lipinski definition) is 2. The van der Waals surface area contributed by atoms with Crippen LogP contribution in [-0.4, -0.2) is 11.7 Å². The van der Waals surface area contributed by atoms with Crippen molar-refractivity contribution in [3.05, 3.63) is 34.1 Å². The summed E-state index contributed by atoms with van der Waals surface area (Å²) in [5.41, 5.74) is 6.35. The minimum atomic E-state index is -0.605. The zero-order valence-corrected chi connectivity index (χ0v) is 11.2. The molecule has 2 nitrogen and oxygen atoms in total. The van der Waals surface area contributed by atoms with Crippen LogP contribution in [0.25, 0.3) is 0 Å². The van der Waals surface area contributed by atoms with Crippen molar-refractivity contribution >= 4 is 15.9 Å². The van der Waals surface area contributed by atoms with E-state index in [1.807, 2.05) is 0 Å². The van der Waals surface area contributed by atoms with Crippen molar-refractivity contribution in [3.8, 4) is 0 Å². The summed E-state index contributed by atoms with van der Waals surface area (Å²) in [5, 5.41) is 10.5. The monoisotopic (exact) mass is 301 g/mol. The molecule has 2 rings (SSSR count). The van der Waals surface area contributed by atoms with Gasteiger partial charge in [0.1, 0.15) is 5.82 Å². The molecule has 1 unspecified atom stereocenters. The van der Waals surface area contributed by atoms with E-state index in [0.717, 1.165) is 31.2 Å². The summed E-state index contributed by atoms with van der Waals surface area (Å²) in [6.45, 7) is 0.475. The van der Waals surface area contributed by atoms with Gasteiger partial charge in [0.15, 0.2) is 0 Å². The molecule has 1 aliphatic carbocycles. The molecule has 1 aliphatic rings. The van der Waals surface area contributed by atoms with Gasteiger partial charge in [0.25, 0.3) is 0 Å². The van der Waals surface area contributed by atoms with Gasteiger partial charge in [-0.05, 0) is 46.5 Å². The fraction of sp³-hybridized carbons (Fsp3) is 0.538. The molecule has 0 saturated heterocycles. The van der Waals surface area contributed by atoms with E-state index in [0.29, 0.717) is 11.0 Å². The number of benzene rings is 1. The molecule has 1 saturated carbocycles. The highest BCUT2D eigenvalue weighted by molar-refractivity contribution is 9.10. The lowest BCUT2D eigenvalue weighted by molar-refractivity contribution is 0.0332. The number of hydrogen-bond acceptors (Lipinski definition) is 2. The Kier molecular flexibility index (Phi) is 3.85. The normalized spacial score (nSPS) is 20.5. The Labute approximate surface area is 109 Å². The Morgan fingerprint density at radius 3 is 2.59 bits per heavy atom. The number of nitrogens with two attached hydrogens (primary N) is 1. The lowest BCUT2D eigenvalue weighted by Crippen LogP contribution is -2.34. The van der Waals surface area contributed by atoms with Crippen LogP contribution in [0.4, 0.5) is 4.39 Å². The average molecular weight is 302 g/mol. The van der Waals surface area contributed by atoms with E-state index < -0.39 is 6.10 Å². The molecule has 0 heterocycles. The first-order valence-corrected chi connectivity index (χ1v) is 6.71. The molecule has 0 bridgehead atoms. The van der Waals surface area contributed by atoms with Crippen LogP contribution in [0, 0.1) is 11.2 Å². The second-order valence-electron chi connectivity index (χ2n) is 4.85. The van der Waals surface area contributed by atoms with Crippen molar-refractivity contribution < 1.29 is 9.50 Å². The van der Waals surface area contributed by atoms with E-state index in [9.17, 15) is 9.50 Å².